The summed E-state index contributed by atoms with van der Waals surface area (Å²) in [7, 11) is 2.06. The highest BCUT2D eigenvalue weighted by Crippen LogP contribution is 2.42. The van der Waals surface area contributed by atoms with Crippen molar-refractivity contribution in [3.05, 3.63) is 35.1 Å². The number of likely N-dealkylation sites (tertiary alicyclic amines) is 1. The van der Waals surface area contributed by atoms with Gasteiger partial charge in [-0.1, -0.05) is 35.1 Å². The van der Waals surface area contributed by atoms with Crippen molar-refractivity contribution in [2.75, 3.05) is 50.5 Å². The number of ether oxygens (including phenoxy) is 1. The molecule has 0 radical (unpaired) electrons. The molecule has 6 rings (SSSR count). The number of benzene rings is 2. The molecular weight excluding hydrogens is 517 g/mol. The first kappa shape index (κ1) is 24.1. The van der Waals surface area contributed by atoms with Gasteiger partial charge in [0.15, 0.2) is 10.9 Å². The molecule has 0 spiro atoms. The molecule has 1 amide bonds. The Balaban J connectivity index is 1.51. The quantitative estimate of drug-likeness (QED) is 0.394. The molecule has 2 saturated heterocycles. The number of fused-ring (bicyclic) bond motifs is 2. The fraction of sp³-hybridized carbons (Fsp3) is 0.360. The number of rotatable bonds is 5. The number of nitrogen functional groups attached to an aromatic ring is 1. The predicted octanol–water partition coefficient (Wildman–Crippen LogP) is 3.69. The fourth-order valence-electron chi connectivity index (χ4n) is 5.06. The third kappa shape index (κ3) is 4.41. The standard InChI is InChI=1S/C25H25ClFN7O2S/c1-33-8-3-4-13(33)12-36-25-31-22-15(23(32-25)34-9-7-29-18(35)11-34)10-16(26)19(20(22)27)14-5-2-6-17-21(14)30-24(28)37-17/h2,5-6,10,13H,3-4,7-9,11-12H2,1H3,(H2,28,30)(H,29,35)/t13-/m0/s1. The molecule has 1 atom stereocenters. The molecule has 2 aliphatic heterocycles. The van der Waals surface area contributed by atoms with Gasteiger partial charge in [0.2, 0.25) is 5.91 Å². The van der Waals surface area contributed by atoms with Crippen LogP contribution in [0.2, 0.25) is 5.02 Å². The largest absolute Gasteiger partial charge is 0.462 e. The van der Waals surface area contributed by atoms with Crippen LogP contribution in [0, 0.1) is 5.82 Å². The minimum atomic E-state index is -0.602. The molecule has 3 N–H and O–H groups in total. The van der Waals surface area contributed by atoms with E-state index >= 15 is 4.39 Å². The van der Waals surface area contributed by atoms with Gasteiger partial charge >= 0.3 is 6.01 Å². The molecule has 12 heteroatoms. The van der Waals surface area contributed by atoms with Crippen molar-refractivity contribution in [2.45, 2.75) is 18.9 Å². The number of aromatic nitrogens is 3. The van der Waals surface area contributed by atoms with Crippen LogP contribution in [0.5, 0.6) is 6.01 Å². The average molecular weight is 542 g/mol. The first-order valence-electron chi connectivity index (χ1n) is 12.1. The second kappa shape index (κ2) is 9.55. The van der Waals surface area contributed by atoms with Crippen molar-refractivity contribution >= 4 is 60.9 Å². The zero-order chi connectivity index (χ0) is 25.7. The number of para-hydroxylation sites is 1. The monoisotopic (exact) mass is 541 g/mol. The number of nitrogens with zero attached hydrogens (tertiary/aromatic N) is 5. The number of thiazole rings is 1. The van der Waals surface area contributed by atoms with E-state index in [2.05, 4.69) is 32.2 Å². The van der Waals surface area contributed by atoms with Gasteiger partial charge in [-0.15, -0.1) is 0 Å². The number of carbonyl (C=O) groups excluding carboxylic acids is 1. The Hall–Kier alpha value is -3.28. The van der Waals surface area contributed by atoms with E-state index in [4.69, 9.17) is 22.1 Å². The summed E-state index contributed by atoms with van der Waals surface area (Å²) >= 11 is 8.03. The van der Waals surface area contributed by atoms with Crippen molar-refractivity contribution in [2.24, 2.45) is 0 Å². The highest BCUT2D eigenvalue weighted by atomic mass is 35.5. The van der Waals surface area contributed by atoms with Gasteiger partial charge in [0.25, 0.3) is 0 Å². The number of likely N-dealkylation sites (N-methyl/N-ethyl adjacent to an activating group) is 1. The fourth-order valence-corrected chi connectivity index (χ4v) is 6.11. The Labute approximate surface area is 221 Å². The van der Waals surface area contributed by atoms with Gasteiger partial charge in [-0.2, -0.15) is 9.97 Å². The van der Waals surface area contributed by atoms with E-state index in [9.17, 15) is 4.79 Å². The van der Waals surface area contributed by atoms with Crippen LogP contribution >= 0.6 is 22.9 Å². The summed E-state index contributed by atoms with van der Waals surface area (Å²) in [6.07, 6.45) is 2.11. The van der Waals surface area contributed by atoms with Gasteiger partial charge < -0.3 is 25.6 Å². The van der Waals surface area contributed by atoms with Crippen molar-refractivity contribution in [1.82, 2.24) is 25.2 Å². The minimum absolute atomic E-state index is 0.0667. The summed E-state index contributed by atoms with van der Waals surface area (Å²) in [6.45, 7) is 2.45. The first-order chi connectivity index (χ1) is 17.9. The maximum Gasteiger partial charge on any atom is 0.319 e. The number of halogens is 2. The number of amides is 1. The van der Waals surface area contributed by atoms with E-state index in [1.54, 1.807) is 17.0 Å². The van der Waals surface area contributed by atoms with Gasteiger partial charge in [0, 0.05) is 35.6 Å². The number of carbonyl (C=O) groups is 1. The molecule has 2 fully saturated rings. The van der Waals surface area contributed by atoms with Crippen LogP contribution in [0.15, 0.2) is 24.3 Å². The van der Waals surface area contributed by atoms with E-state index in [-0.39, 0.29) is 40.6 Å². The SMILES string of the molecule is CN1CCC[C@H]1COc1nc(N2CCNC(=O)C2)c2cc(Cl)c(-c3cccc4sc(N)nc34)c(F)c2n1. The van der Waals surface area contributed by atoms with Gasteiger partial charge in [-0.25, -0.2) is 9.37 Å². The summed E-state index contributed by atoms with van der Waals surface area (Å²) < 4.78 is 23.2. The summed E-state index contributed by atoms with van der Waals surface area (Å²) in [4.78, 5) is 29.7. The predicted molar refractivity (Wildman–Crippen MR) is 144 cm³/mol. The molecule has 0 saturated carbocycles. The van der Waals surface area contributed by atoms with Crippen molar-refractivity contribution in [1.29, 1.82) is 0 Å². The van der Waals surface area contributed by atoms with Gasteiger partial charge in [0.05, 0.1) is 21.8 Å². The van der Waals surface area contributed by atoms with Crippen LogP contribution in [-0.2, 0) is 4.79 Å². The Morgan fingerprint density at radius 2 is 2.14 bits per heavy atom. The molecule has 0 aliphatic carbocycles. The Morgan fingerprint density at radius 3 is 2.92 bits per heavy atom. The number of anilines is 2. The van der Waals surface area contributed by atoms with Gasteiger partial charge in [-0.05, 0) is 38.6 Å². The van der Waals surface area contributed by atoms with Crippen LogP contribution in [0.3, 0.4) is 0 Å². The zero-order valence-corrected chi connectivity index (χ0v) is 21.7. The molecule has 192 valence electrons. The van der Waals surface area contributed by atoms with E-state index in [0.717, 1.165) is 24.1 Å². The normalized spacial score (nSPS) is 18.6. The van der Waals surface area contributed by atoms with E-state index < -0.39 is 5.82 Å². The molecule has 37 heavy (non-hydrogen) atoms. The van der Waals surface area contributed by atoms with Crippen molar-refractivity contribution in [3.8, 4) is 17.1 Å². The Kier molecular flexibility index (Phi) is 6.21. The lowest BCUT2D eigenvalue weighted by molar-refractivity contribution is -0.120. The number of nitrogens with one attached hydrogen (secondary N) is 1. The Bertz CT molecular complexity index is 1530. The smallest absolute Gasteiger partial charge is 0.319 e. The van der Waals surface area contributed by atoms with Crippen molar-refractivity contribution < 1.29 is 13.9 Å². The number of hydrogen-bond acceptors (Lipinski definition) is 9. The second-order valence-corrected chi connectivity index (χ2v) is 10.8. The van der Waals surface area contributed by atoms with Crippen LogP contribution in [0.1, 0.15) is 12.8 Å². The lowest BCUT2D eigenvalue weighted by Gasteiger charge is -2.29. The number of nitrogens with two attached hydrogens (primary N) is 1. The molecule has 4 heterocycles. The molecule has 0 unspecified atom stereocenters. The van der Waals surface area contributed by atoms with E-state index in [1.165, 1.54) is 11.3 Å². The lowest BCUT2D eigenvalue weighted by Crippen LogP contribution is -2.48. The molecule has 2 aliphatic rings. The summed E-state index contributed by atoms with van der Waals surface area (Å²) in [5.41, 5.74) is 7.30. The minimum Gasteiger partial charge on any atom is -0.462 e. The van der Waals surface area contributed by atoms with Crippen LogP contribution in [0.25, 0.3) is 32.2 Å². The van der Waals surface area contributed by atoms with Crippen LogP contribution < -0.4 is 20.7 Å². The second-order valence-electron chi connectivity index (χ2n) is 9.34. The van der Waals surface area contributed by atoms with Gasteiger partial charge in [0.1, 0.15) is 17.9 Å². The highest BCUT2D eigenvalue weighted by molar-refractivity contribution is 7.22. The molecule has 4 aromatic rings. The summed E-state index contributed by atoms with van der Waals surface area (Å²) in [6, 6.07) is 7.42. The maximum absolute atomic E-state index is 16.4. The molecule has 9 nitrogen and oxygen atoms in total. The van der Waals surface area contributed by atoms with Crippen LogP contribution in [-0.4, -0.2) is 71.6 Å². The summed E-state index contributed by atoms with van der Waals surface area (Å²) in [5.74, 6) is -0.323. The number of hydrogen-bond donors (Lipinski definition) is 2. The third-order valence-corrected chi connectivity index (χ3v) is 8.11. The van der Waals surface area contributed by atoms with Gasteiger partial charge in [-0.3, -0.25) is 4.79 Å². The highest BCUT2D eigenvalue weighted by Gasteiger charge is 2.27. The average Bonchev–Trinajstić information content (AvgIpc) is 3.47. The molecule has 0 bridgehead atoms. The molecule has 2 aromatic carbocycles. The zero-order valence-electron chi connectivity index (χ0n) is 20.1. The number of piperazine rings is 1. The topological polar surface area (TPSA) is 110 Å². The third-order valence-electron chi connectivity index (χ3n) is 6.96. The lowest BCUT2D eigenvalue weighted by atomic mass is 10.0. The van der Waals surface area contributed by atoms with Crippen molar-refractivity contribution in [3.63, 3.8) is 0 Å². The summed E-state index contributed by atoms with van der Waals surface area (Å²) in [5, 5.41) is 3.80. The van der Waals surface area contributed by atoms with Crippen LogP contribution in [0.4, 0.5) is 15.3 Å². The Morgan fingerprint density at radius 1 is 1.27 bits per heavy atom. The van der Waals surface area contributed by atoms with E-state index in [0.29, 0.717) is 47.1 Å². The molecule has 2 aromatic heterocycles. The molecular formula is C25H25ClFN7O2S. The first-order valence-corrected chi connectivity index (χ1v) is 13.3. The maximum atomic E-state index is 16.4. The van der Waals surface area contributed by atoms with E-state index in [1.807, 2.05) is 12.1 Å².